The molecule has 2 N–H and O–H groups in total. The Morgan fingerprint density at radius 1 is 1.35 bits per heavy atom. The van der Waals surface area contributed by atoms with Crippen LogP contribution in [0.2, 0.25) is 0 Å². The molecule has 0 radical (unpaired) electrons. The first-order valence-corrected chi connectivity index (χ1v) is 11.7. The van der Waals surface area contributed by atoms with E-state index in [1.807, 2.05) is 6.20 Å². The van der Waals surface area contributed by atoms with Crippen LogP contribution < -0.4 is 5.32 Å². The van der Waals surface area contributed by atoms with Crippen LogP contribution in [0, 0.1) is 5.92 Å². The maximum absolute atomic E-state index is 13.4. The molecular formula is C25H33N5O. The lowest BCUT2D eigenvalue weighted by atomic mass is 9.72. The number of nitrogens with zero attached hydrogens (tertiary/aromatic N) is 3. The molecule has 164 valence electrons. The lowest BCUT2D eigenvalue weighted by molar-refractivity contribution is -0.128. The van der Waals surface area contributed by atoms with Crippen molar-refractivity contribution < 1.29 is 4.79 Å². The number of hydrogen-bond donors (Lipinski definition) is 2. The number of aryl methyl sites for hydroxylation is 1. The lowest BCUT2D eigenvalue weighted by Crippen LogP contribution is -2.51. The Balaban J connectivity index is 1.41. The van der Waals surface area contributed by atoms with Gasteiger partial charge in [0.25, 0.3) is 0 Å². The smallest absolute Gasteiger partial charge is 0.224 e. The molecule has 4 atom stereocenters. The van der Waals surface area contributed by atoms with E-state index in [4.69, 9.17) is 0 Å². The minimum Gasteiger partial charge on any atom is -0.347 e. The van der Waals surface area contributed by atoms with Crippen LogP contribution in [-0.4, -0.2) is 45.0 Å². The Bertz CT molecular complexity index is 1070. The second-order valence-electron chi connectivity index (χ2n) is 9.29. The van der Waals surface area contributed by atoms with E-state index in [0.717, 1.165) is 44.5 Å². The molecule has 31 heavy (non-hydrogen) atoms. The molecule has 1 aromatic carbocycles. The first-order valence-electron chi connectivity index (χ1n) is 11.7. The predicted molar refractivity (Wildman–Crippen MR) is 123 cm³/mol. The summed E-state index contributed by atoms with van der Waals surface area (Å²) in [5.74, 6) is 0.566. The van der Waals surface area contributed by atoms with Crippen LogP contribution in [0.4, 0.5) is 0 Å². The number of aromatic nitrogens is 3. The van der Waals surface area contributed by atoms with Crippen molar-refractivity contribution >= 4 is 16.8 Å². The average molecular weight is 420 g/mol. The molecular weight excluding hydrogens is 386 g/mol. The number of amides is 1. The fraction of sp³-hybridized carbons (Fsp3) is 0.520. The number of carbonyl (C=O) groups excluding carboxylic acids is 1. The number of H-pyrrole nitrogens is 1. The number of hydrogen-bond acceptors (Lipinski definition) is 3. The fourth-order valence-corrected chi connectivity index (χ4v) is 5.91. The Kier molecular flexibility index (Phi) is 5.34. The minimum atomic E-state index is -0.00130. The molecule has 1 aliphatic heterocycles. The van der Waals surface area contributed by atoms with Crippen LogP contribution in [0.25, 0.3) is 10.9 Å². The average Bonchev–Trinajstić information content (AvgIpc) is 3.43. The molecule has 3 heterocycles. The molecule has 1 fully saturated rings. The summed E-state index contributed by atoms with van der Waals surface area (Å²) in [7, 11) is 2.19. The summed E-state index contributed by atoms with van der Waals surface area (Å²) in [5.41, 5.74) is 5.22. The molecule has 1 saturated heterocycles. The summed E-state index contributed by atoms with van der Waals surface area (Å²) < 4.78 is 2.37. The van der Waals surface area contributed by atoms with Gasteiger partial charge in [0.2, 0.25) is 5.91 Å². The molecule has 1 aliphatic carbocycles. The van der Waals surface area contributed by atoms with E-state index >= 15 is 0 Å². The second kappa shape index (κ2) is 8.15. The lowest BCUT2D eigenvalue weighted by Gasteiger charge is -2.45. The zero-order chi connectivity index (χ0) is 21.5. The quantitative estimate of drug-likeness (QED) is 0.635. The van der Waals surface area contributed by atoms with Crippen molar-refractivity contribution in [2.75, 3.05) is 13.6 Å². The third-order valence-corrected chi connectivity index (χ3v) is 7.42. The molecule has 2 unspecified atom stereocenters. The Morgan fingerprint density at radius 3 is 2.97 bits per heavy atom. The highest BCUT2D eigenvalue weighted by Crippen LogP contribution is 2.45. The van der Waals surface area contributed by atoms with Crippen molar-refractivity contribution in [3.8, 4) is 0 Å². The largest absolute Gasteiger partial charge is 0.347 e. The van der Waals surface area contributed by atoms with Gasteiger partial charge in [0.1, 0.15) is 0 Å². The maximum atomic E-state index is 13.4. The van der Waals surface area contributed by atoms with E-state index in [1.54, 1.807) is 6.33 Å². The summed E-state index contributed by atoms with van der Waals surface area (Å²) >= 11 is 0. The number of fused-ring (bicyclic) bond motifs is 2. The van der Waals surface area contributed by atoms with Gasteiger partial charge in [-0.3, -0.25) is 4.79 Å². The predicted octanol–water partition coefficient (Wildman–Crippen LogP) is 4.00. The van der Waals surface area contributed by atoms with Crippen molar-refractivity contribution in [1.29, 1.82) is 0 Å². The third kappa shape index (κ3) is 3.47. The van der Waals surface area contributed by atoms with Crippen molar-refractivity contribution in [2.24, 2.45) is 5.92 Å². The number of nitrogens with one attached hydrogen (secondary N) is 2. The summed E-state index contributed by atoms with van der Waals surface area (Å²) in [5, 5.41) is 4.75. The van der Waals surface area contributed by atoms with Crippen LogP contribution in [0.15, 0.2) is 36.9 Å². The van der Waals surface area contributed by atoms with Gasteiger partial charge in [-0.1, -0.05) is 25.5 Å². The van der Waals surface area contributed by atoms with Crippen LogP contribution >= 0.6 is 0 Å². The highest BCUT2D eigenvalue weighted by Gasteiger charge is 2.42. The summed E-state index contributed by atoms with van der Waals surface area (Å²) in [4.78, 5) is 23.1. The van der Waals surface area contributed by atoms with Crippen LogP contribution in [-0.2, 0) is 17.8 Å². The number of carbonyl (C=O) groups is 1. The van der Waals surface area contributed by atoms with E-state index in [-0.39, 0.29) is 17.9 Å². The monoisotopic (exact) mass is 419 g/mol. The third-order valence-electron chi connectivity index (χ3n) is 7.42. The van der Waals surface area contributed by atoms with Crippen LogP contribution in [0.1, 0.15) is 61.9 Å². The van der Waals surface area contributed by atoms with Crippen molar-refractivity contribution in [3.05, 3.63) is 53.7 Å². The zero-order valence-electron chi connectivity index (χ0n) is 18.8. The molecule has 0 saturated carbocycles. The number of likely N-dealkylation sites (N-methyl/N-ethyl adjacent to an activating group) is 1. The molecule has 0 bridgehead atoms. The molecule has 2 aliphatic rings. The fourth-order valence-electron chi connectivity index (χ4n) is 5.91. The molecule has 0 spiro atoms. The van der Waals surface area contributed by atoms with Crippen molar-refractivity contribution in [3.63, 3.8) is 0 Å². The first kappa shape index (κ1) is 20.3. The van der Waals surface area contributed by atoms with Crippen molar-refractivity contribution in [2.45, 2.75) is 64.1 Å². The Labute approximate surface area is 184 Å². The highest BCUT2D eigenvalue weighted by molar-refractivity contribution is 5.89. The Morgan fingerprint density at radius 2 is 2.23 bits per heavy atom. The number of aromatic amines is 1. The molecule has 6 heteroatoms. The molecule has 1 amide bonds. The van der Waals surface area contributed by atoms with Gasteiger partial charge < -0.3 is 19.8 Å². The van der Waals surface area contributed by atoms with Gasteiger partial charge in [0, 0.05) is 42.1 Å². The number of rotatable bonds is 6. The van der Waals surface area contributed by atoms with E-state index in [9.17, 15) is 4.79 Å². The van der Waals surface area contributed by atoms with E-state index in [0.29, 0.717) is 12.0 Å². The van der Waals surface area contributed by atoms with Crippen LogP contribution in [0.3, 0.4) is 0 Å². The highest BCUT2D eigenvalue weighted by atomic mass is 16.2. The topological polar surface area (TPSA) is 66.0 Å². The van der Waals surface area contributed by atoms with Crippen LogP contribution in [0.5, 0.6) is 0 Å². The molecule has 5 rings (SSSR count). The Hall–Kier alpha value is -2.60. The standard InChI is InChI=1S/C25H33N5O/c1-4-7-20(21-12-26-15-27-21)28-25(31)17-10-19-18-8-6-9-22-24(18)16(14-30(22)5-2)11-23(19)29(3)13-17/h6,8-9,12,14-15,17,19-20,23H,4-5,7,10-11,13H2,1-3H3,(H,26,27)(H,28,31)/t17-,19?,20?,23-/m1/s1. The number of benzene rings is 1. The van der Waals surface area contributed by atoms with Gasteiger partial charge in [-0.25, -0.2) is 4.98 Å². The minimum absolute atomic E-state index is 0.00130. The van der Waals surface area contributed by atoms with Gasteiger partial charge in [0.15, 0.2) is 0 Å². The van der Waals surface area contributed by atoms with E-state index in [2.05, 4.69) is 70.0 Å². The summed E-state index contributed by atoms with van der Waals surface area (Å²) in [6, 6.07) is 7.19. The second-order valence-corrected chi connectivity index (χ2v) is 9.29. The van der Waals surface area contributed by atoms with Gasteiger partial charge in [0.05, 0.1) is 30.2 Å². The number of imidazole rings is 1. The molecule has 2 aromatic heterocycles. The van der Waals surface area contributed by atoms with Gasteiger partial charge >= 0.3 is 0 Å². The normalized spacial score (nSPS) is 24.2. The van der Waals surface area contributed by atoms with Crippen molar-refractivity contribution in [1.82, 2.24) is 24.8 Å². The van der Waals surface area contributed by atoms with Gasteiger partial charge in [-0.15, -0.1) is 0 Å². The van der Waals surface area contributed by atoms with Gasteiger partial charge in [-0.05, 0) is 50.4 Å². The number of likely N-dealkylation sites (tertiary alicyclic amines) is 1. The van der Waals surface area contributed by atoms with E-state index in [1.165, 1.54) is 22.0 Å². The summed E-state index contributed by atoms with van der Waals surface area (Å²) in [6.07, 6.45) is 9.77. The van der Waals surface area contributed by atoms with E-state index < -0.39 is 0 Å². The number of piperidine rings is 1. The molecule has 3 aromatic rings. The zero-order valence-corrected chi connectivity index (χ0v) is 18.8. The van der Waals surface area contributed by atoms with Gasteiger partial charge in [-0.2, -0.15) is 0 Å². The first-order chi connectivity index (χ1) is 15.1. The molecule has 6 nitrogen and oxygen atoms in total. The maximum Gasteiger partial charge on any atom is 0.224 e. The summed E-state index contributed by atoms with van der Waals surface area (Å²) in [6.45, 7) is 6.16. The SMILES string of the molecule is CCCC(NC(=O)[C@@H]1CC2c3cccc4c3c(cn4CC)C[C@H]2N(C)C1)c1cnc[nH]1.